The predicted octanol–water partition coefficient (Wildman–Crippen LogP) is 4.61. The Bertz CT molecular complexity index is 1160. The fraction of sp³-hybridized carbons (Fsp3) is 0.375. The molecule has 9 heteroatoms. The maximum absolute atomic E-state index is 13.6. The van der Waals surface area contributed by atoms with E-state index in [-0.39, 0.29) is 24.4 Å². The number of ether oxygens (including phenoxy) is 1. The van der Waals surface area contributed by atoms with E-state index in [1.807, 2.05) is 19.9 Å². The molecule has 2 aromatic heterocycles. The highest BCUT2D eigenvalue weighted by atomic mass is 19.4. The molecule has 3 aromatic rings. The van der Waals surface area contributed by atoms with E-state index in [2.05, 4.69) is 9.97 Å². The van der Waals surface area contributed by atoms with Gasteiger partial charge in [0.2, 0.25) is 0 Å². The third-order valence-corrected chi connectivity index (χ3v) is 6.18. The lowest BCUT2D eigenvalue weighted by atomic mass is 9.97. The minimum absolute atomic E-state index is 0.0890. The molecule has 1 aliphatic rings. The highest BCUT2D eigenvalue weighted by Gasteiger charge is 2.33. The summed E-state index contributed by atoms with van der Waals surface area (Å²) in [5.74, 6) is 0.339. The Kier molecular flexibility index (Phi) is 6.25. The number of hydrogen-bond acceptors (Lipinski definition) is 5. The number of amides is 1. The van der Waals surface area contributed by atoms with Crippen molar-refractivity contribution < 1.29 is 22.7 Å². The number of carbonyl (C=O) groups excluding carboxylic acids is 1. The maximum Gasteiger partial charge on any atom is 0.417 e. The van der Waals surface area contributed by atoms with E-state index < -0.39 is 11.7 Å². The number of fused-ring (bicyclic) bond motifs is 1. The van der Waals surface area contributed by atoms with Crippen molar-refractivity contribution in [2.24, 2.45) is 5.92 Å². The number of nitrogens with two attached hydrogens (primary N) is 1. The van der Waals surface area contributed by atoms with Crippen molar-refractivity contribution in [1.82, 2.24) is 14.9 Å². The maximum atomic E-state index is 13.6. The van der Waals surface area contributed by atoms with Crippen molar-refractivity contribution in [3.8, 4) is 0 Å². The van der Waals surface area contributed by atoms with Crippen LogP contribution in [0.1, 0.15) is 40.5 Å². The molecule has 0 aliphatic carbocycles. The Labute approximate surface area is 189 Å². The van der Waals surface area contributed by atoms with Gasteiger partial charge in [0.05, 0.1) is 29.9 Å². The number of anilines is 1. The Hall–Kier alpha value is -3.20. The molecule has 0 spiro atoms. The van der Waals surface area contributed by atoms with E-state index in [0.717, 1.165) is 29.6 Å². The number of alkyl halides is 3. The highest BCUT2D eigenvalue weighted by molar-refractivity contribution is 5.98. The van der Waals surface area contributed by atoms with Crippen molar-refractivity contribution >= 4 is 22.6 Å². The first kappa shape index (κ1) is 23.0. The normalized spacial score (nSPS) is 17.3. The van der Waals surface area contributed by atoms with E-state index in [1.165, 1.54) is 6.07 Å². The van der Waals surface area contributed by atoms with Crippen molar-refractivity contribution in [2.45, 2.75) is 39.0 Å². The summed E-state index contributed by atoms with van der Waals surface area (Å²) in [5, 5.41) is 0.789. The van der Waals surface area contributed by atoms with Crippen LogP contribution in [0.25, 0.3) is 10.9 Å². The second kappa shape index (κ2) is 8.97. The van der Waals surface area contributed by atoms with Gasteiger partial charge in [-0.25, -0.2) is 4.98 Å². The first-order valence-corrected chi connectivity index (χ1v) is 10.7. The van der Waals surface area contributed by atoms with Gasteiger partial charge >= 0.3 is 6.18 Å². The van der Waals surface area contributed by atoms with Crippen molar-refractivity contribution in [3.63, 3.8) is 0 Å². The van der Waals surface area contributed by atoms with Gasteiger partial charge in [-0.15, -0.1) is 0 Å². The van der Waals surface area contributed by atoms with Gasteiger partial charge < -0.3 is 15.4 Å². The smallest absolute Gasteiger partial charge is 0.383 e. The number of aromatic nitrogens is 2. The lowest BCUT2D eigenvalue weighted by Gasteiger charge is -2.32. The van der Waals surface area contributed by atoms with Crippen molar-refractivity contribution in [2.75, 3.05) is 18.9 Å². The minimum atomic E-state index is -4.46. The van der Waals surface area contributed by atoms with Crippen molar-refractivity contribution in [3.05, 3.63) is 65.0 Å². The van der Waals surface area contributed by atoms with Crippen LogP contribution < -0.4 is 5.73 Å². The van der Waals surface area contributed by atoms with Crippen LogP contribution in [-0.4, -0.2) is 40.0 Å². The number of nitrogen functional groups attached to an aromatic ring is 1. The second-order valence-corrected chi connectivity index (χ2v) is 8.43. The number of rotatable bonds is 5. The summed E-state index contributed by atoms with van der Waals surface area (Å²) in [4.78, 5) is 23.6. The molecule has 3 heterocycles. The fourth-order valence-corrected chi connectivity index (χ4v) is 4.04. The zero-order valence-corrected chi connectivity index (χ0v) is 18.4. The van der Waals surface area contributed by atoms with E-state index >= 15 is 0 Å². The molecule has 0 unspecified atom stereocenters. The van der Waals surface area contributed by atoms with Gasteiger partial charge in [0, 0.05) is 35.7 Å². The average molecular weight is 458 g/mol. The first-order valence-electron chi connectivity index (χ1n) is 10.7. The summed E-state index contributed by atoms with van der Waals surface area (Å²) in [7, 11) is 0. The monoisotopic (exact) mass is 458 g/mol. The molecule has 1 aromatic carbocycles. The molecule has 0 bridgehead atoms. The van der Waals surface area contributed by atoms with Gasteiger partial charge in [-0.2, -0.15) is 13.2 Å². The summed E-state index contributed by atoms with van der Waals surface area (Å²) >= 11 is 0. The molecule has 2 N–H and O–H groups in total. The topological polar surface area (TPSA) is 81.3 Å². The third-order valence-electron chi connectivity index (χ3n) is 6.18. The second-order valence-electron chi connectivity index (χ2n) is 8.43. The summed E-state index contributed by atoms with van der Waals surface area (Å²) in [6.07, 6.45) is -2.85. The fourth-order valence-electron chi connectivity index (χ4n) is 4.04. The van der Waals surface area contributed by atoms with Gasteiger partial charge in [0.1, 0.15) is 5.82 Å². The van der Waals surface area contributed by atoms with Gasteiger partial charge in [-0.3, -0.25) is 9.78 Å². The summed E-state index contributed by atoms with van der Waals surface area (Å²) in [5.41, 5.74) is 7.41. The highest BCUT2D eigenvalue weighted by Crippen LogP contribution is 2.29. The number of halogens is 3. The summed E-state index contributed by atoms with van der Waals surface area (Å²) in [6.45, 7) is 5.03. The third kappa shape index (κ3) is 4.93. The molecule has 0 radical (unpaired) electrons. The standard InChI is InChI=1S/C24H25F3N4O2/c1-14-9-18-10-16(3-6-21(18)30-22(14)28)23(32)31(15(2)17-7-8-33-13-17)12-20-5-4-19(11-29-20)24(25,26)27/h3-6,9-11,15,17H,7-8,12-13H2,1-2H3,(H2,28,30)/t15-,17+/m1/s1. The van der Waals surface area contributed by atoms with Crippen LogP contribution in [0.15, 0.2) is 42.6 Å². The van der Waals surface area contributed by atoms with E-state index in [4.69, 9.17) is 10.5 Å². The Morgan fingerprint density at radius 1 is 1.27 bits per heavy atom. The molecule has 1 fully saturated rings. The van der Waals surface area contributed by atoms with Gasteiger partial charge in [0.25, 0.3) is 5.91 Å². The van der Waals surface area contributed by atoms with Crippen LogP contribution in [0.3, 0.4) is 0 Å². The quantitative estimate of drug-likeness (QED) is 0.604. The number of nitrogens with zero attached hydrogens (tertiary/aromatic N) is 3. The van der Waals surface area contributed by atoms with Crippen LogP contribution in [0, 0.1) is 12.8 Å². The Balaban J connectivity index is 1.66. The van der Waals surface area contributed by atoms with Crippen LogP contribution in [0.4, 0.5) is 19.0 Å². The SMILES string of the molecule is Cc1cc2cc(C(=O)N(Cc3ccc(C(F)(F)F)cn3)[C@H](C)[C@H]3CCOC3)ccc2nc1N. The largest absolute Gasteiger partial charge is 0.417 e. The molecule has 4 rings (SSSR count). The van der Waals surface area contributed by atoms with Gasteiger partial charge in [-0.1, -0.05) is 0 Å². The average Bonchev–Trinajstić information content (AvgIpc) is 3.32. The molecule has 33 heavy (non-hydrogen) atoms. The molecule has 1 amide bonds. The molecule has 1 saturated heterocycles. The molecular formula is C24H25F3N4O2. The Morgan fingerprint density at radius 3 is 2.70 bits per heavy atom. The first-order chi connectivity index (χ1) is 15.6. The number of benzene rings is 1. The number of pyridine rings is 2. The lowest BCUT2D eigenvalue weighted by Crippen LogP contribution is -2.42. The molecular weight excluding hydrogens is 433 g/mol. The Morgan fingerprint density at radius 2 is 2.06 bits per heavy atom. The zero-order valence-electron chi connectivity index (χ0n) is 18.4. The molecule has 0 saturated carbocycles. The van der Waals surface area contributed by atoms with E-state index in [0.29, 0.717) is 35.8 Å². The van der Waals surface area contributed by atoms with Crippen LogP contribution in [0.2, 0.25) is 0 Å². The number of hydrogen-bond donors (Lipinski definition) is 1. The zero-order chi connectivity index (χ0) is 23.8. The summed E-state index contributed by atoms with van der Waals surface area (Å²) < 4.78 is 44.2. The summed E-state index contributed by atoms with van der Waals surface area (Å²) in [6, 6.07) is 9.20. The molecule has 1 aliphatic heterocycles. The van der Waals surface area contributed by atoms with Gasteiger partial charge in [-0.05, 0) is 62.2 Å². The molecule has 6 nitrogen and oxygen atoms in total. The number of carbonyl (C=O) groups is 1. The van der Waals surface area contributed by atoms with Crippen LogP contribution in [-0.2, 0) is 17.5 Å². The van der Waals surface area contributed by atoms with Crippen LogP contribution >= 0.6 is 0 Å². The van der Waals surface area contributed by atoms with E-state index in [9.17, 15) is 18.0 Å². The molecule has 174 valence electrons. The number of aryl methyl sites for hydroxylation is 1. The minimum Gasteiger partial charge on any atom is -0.383 e. The van der Waals surface area contributed by atoms with E-state index in [1.54, 1.807) is 23.1 Å². The lowest BCUT2D eigenvalue weighted by molar-refractivity contribution is -0.137. The molecule has 2 atom stereocenters. The van der Waals surface area contributed by atoms with Crippen LogP contribution in [0.5, 0.6) is 0 Å². The van der Waals surface area contributed by atoms with Crippen molar-refractivity contribution in [1.29, 1.82) is 0 Å². The van der Waals surface area contributed by atoms with Gasteiger partial charge in [0.15, 0.2) is 0 Å². The predicted molar refractivity (Wildman–Crippen MR) is 118 cm³/mol.